The molecule has 0 fully saturated rings. The molecule has 0 saturated heterocycles. The van der Waals surface area contributed by atoms with Crippen LogP contribution in [0, 0.1) is 5.82 Å². The molecule has 0 saturated carbocycles. The molecule has 2 aromatic carbocycles. The number of benzene rings is 2. The van der Waals surface area contributed by atoms with Gasteiger partial charge >= 0.3 is 5.91 Å². The van der Waals surface area contributed by atoms with Crippen molar-refractivity contribution in [3.8, 4) is 0 Å². The van der Waals surface area contributed by atoms with E-state index in [1.165, 1.54) is 22.6 Å². The van der Waals surface area contributed by atoms with Gasteiger partial charge in [0.05, 0.1) is 6.61 Å². The first-order valence-corrected chi connectivity index (χ1v) is 9.27. The fraction of sp³-hybridized carbons (Fsp3) is 0.227. The number of carbonyl (C=O) groups excluding carboxylic acids is 1. The number of furan rings is 1. The van der Waals surface area contributed by atoms with Gasteiger partial charge in [-0.25, -0.2) is 9.87 Å². The van der Waals surface area contributed by atoms with Crippen LogP contribution < -0.4 is 10.4 Å². The minimum Gasteiger partial charge on any atom is -0.450 e. The molecule has 3 aromatic rings. The van der Waals surface area contributed by atoms with E-state index in [0.717, 1.165) is 12.1 Å². The van der Waals surface area contributed by atoms with Crippen molar-refractivity contribution in [1.29, 1.82) is 0 Å². The van der Waals surface area contributed by atoms with Crippen LogP contribution in [-0.4, -0.2) is 12.5 Å². The van der Waals surface area contributed by atoms with Gasteiger partial charge in [-0.05, 0) is 31.2 Å². The molecular formula is C22H24FN2O3+. The van der Waals surface area contributed by atoms with E-state index in [9.17, 15) is 9.18 Å². The maximum Gasteiger partial charge on any atom is 0.310 e. The van der Waals surface area contributed by atoms with Crippen molar-refractivity contribution in [2.45, 2.75) is 26.6 Å². The largest absolute Gasteiger partial charge is 0.450 e. The van der Waals surface area contributed by atoms with Crippen LogP contribution in [0.4, 0.5) is 4.39 Å². The van der Waals surface area contributed by atoms with E-state index in [0.29, 0.717) is 25.5 Å². The minimum atomic E-state index is -0.406. The van der Waals surface area contributed by atoms with Crippen molar-refractivity contribution in [2.75, 3.05) is 6.61 Å². The standard InChI is InChI=1S/C22H23FN2O3/c1-2-27-24-22(26)21-13-12-20(28-21)16-25(14-17-6-4-3-5-7-17)15-18-8-10-19(23)11-9-18/h3-13H,2,14-16H2,1H3,(H,24,26)/p+1. The van der Waals surface area contributed by atoms with Crippen LogP contribution in [0.1, 0.15) is 34.4 Å². The molecule has 1 aromatic heterocycles. The van der Waals surface area contributed by atoms with Crippen LogP contribution in [0.2, 0.25) is 0 Å². The highest BCUT2D eigenvalue weighted by molar-refractivity contribution is 5.90. The lowest BCUT2D eigenvalue weighted by molar-refractivity contribution is -0.942. The van der Waals surface area contributed by atoms with Gasteiger partial charge in [-0.2, -0.15) is 0 Å². The number of nitrogens with one attached hydrogen (secondary N) is 2. The molecule has 6 heteroatoms. The molecule has 2 N–H and O–H groups in total. The third-order valence-electron chi connectivity index (χ3n) is 4.28. The van der Waals surface area contributed by atoms with Crippen molar-refractivity contribution >= 4 is 5.91 Å². The fourth-order valence-corrected chi connectivity index (χ4v) is 2.99. The lowest BCUT2D eigenvalue weighted by atomic mass is 10.1. The molecule has 5 nitrogen and oxygen atoms in total. The van der Waals surface area contributed by atoms with Gasteiger partial charge in [0.1, 0.15) is 25.5 Å². The molecule has 28 heavy (non-hydrogen) atoms. The predicted octanol–water partition coefficient (Wildman–Crippen LogP) is 2.89. The molecule has 1 amide bonds. The van der Waals surface area contributed by atoms with Gasteiger partial charge in [0.25, 0.3) is 0 Å². The summed E-state index contributed by atoms with van der Waals surface area (Å²) >= 11 is 0. The van der Waals surface area contributed by atoms with Gasteiger partial charge in [-0.3, -0.25) is 9.63 Å². The number of hydrogen-bond acceptors (Lipinski definition) is 3. The number of quaternary nitrogens is 1. The third kappa shape index (κ3) is 5.77. The Labute approximate surface area is 163 Å². The Morgan fingerprint density at radius 1 is 0.964 bits per heavy atom. The maximum absolute atomic E-state index is 13.2. The first-order chi connectivity index (χ1) is 13.6. The summed E-state index contributed by atoms with van der Waals surface area (Å²) in [5, 5.41) is 0. The Balaban J connectivity index is 1.72. The highest BCUT2D eigenvalue weighted by atomic mass is 19.1. The monoisotopic (exact) mass is 383 g/mol. The van der Waals surface area contributed by atoms with Crippen LogP contribution in [-0.2, 0) is 24.5 Å². The van der Waals surface area contributed by atoms with Gasteiger partial charge in [0.2, 0.25) is 0 Å². The zero-order chi connectivity index (χ0) is 19.8. The predicted molar refractivity (Wildman–Crippen MR) is 103 cm³/mol. The average molecular weight is 383 g/mol. The summed E-state index contributed by atoms with van der Waals surface area (Å²) in [7, 11) is 0. The van der Waals surface area contributed by atoms with Gasteiger partial charge in [-0.15, -0.1) is 0 Å². The lowest BCUT2D eigenvalue weighted by Crippen LogP contribution is -3.08. The molecule has 0 spiro atoms. The van der Waals surface area contributed by atoms with Crippen LogP contribution in [0.5, 0.6) is 0 Å². The highest BCUT2D eigenvalue weighted by Gasteiger charge is 2.17. The number of rotatable bonds is 9. The van der Waals surface area contributed by atoms with Gasteiger partial charge in [-0.1, -0.05) is 42.5 Å². The zero-order valence-electron chi connectivity index (χ0n) is 15.8. The van der Waals surface area contributed by atoms with Crippen molar-refractivity contribution < 1.29 is 23.3 Å². The van der Waals surface area contributed by atoms with Gasteiger partial charge in [0.15, 0.2) is 11.5 Å². The second kappa shape index (κ2) is 9.82. The van der Waals surface area contributed by atoms with Crippen LogP contribution >= 0.6 is 0 Å². The fourth-order valence-electron chi connectivity index (χ4n) is 2.99. The Hall–Kier alpha value is -2.96. The number of hydroxylamine groups is 1. The molecule has 0 aliphatic rings. The number of carbonyl (C=O) groups is 1. The van der Waals surface area contributed by atoms with Gasteiger partial charge < -0.3 is 9.32 Å². The highest BCUT2D eigenvalue weighted by Crippen LogP contribution is 2.08. The first kappa shape index (κ1) is 19.8. The normalized spacial score (nSPS) is 11.9. The van der Waals surface area contributed by atoms with Crippen LogP contribution in [0.25, 0.3) is 0 Å². The van der Waals surface area contributed by atoms with Crippen molar-refractivity contribution in [3.63, 3.8) is 0 Å². The van der Waals surface area contributed by atoms with Crippen LogP contribution in [0.15, 0.2) is 71.1 Å². The molecule has 3 rings (SSSR count). The molecule has 0 bridgehead atoms. The summed E-state index contributed by atoms with van der Waals surface area (Å²) in [5.41, 5.74) is 4.56. The third-order valence-corrected chi connectivity index (χ3v) is 4.28. The Morgan fingerprint density at radius 2 is 1.64 bits per heavy atom. The quantitative estimate of drug-likeness (QED) is 0.559. The van der Waals surface area contributed by atoms with E-state index in [-0.39, 0.29) is 11.6 Å². The summed E-state index contributed by atoms with van der Waals surface area (Å²) in [6.45, 7) is 4.24. The lowest BCUT2D eigenvalue weighted by Gasteiger charge is -2.19. The van der Waals surface area contributed by atoms with E-state index < -0.39 is 5.91 Å². The number of halogens is 1. The Morgan fingerprint density at radius 3 is 2.32 bits per heavy atom. The molecule has 146 valence electrons. The molecule has 0 aliphatic carbocycles. The summed E-state index contributed by atoms with van der Waals surface area (Å²) < 4.78 is 18.9. The summed E-state index contributed by atoms with van der Waals surface area (Å²) in [5.74, 6) is 0.263. The van der Waals surface area contributed by atoms with Crippen LogP contribution in [0.3, 0.4) is 0 Å². The molecule has 1 unspecified atom stereocenters. The molecule has 0 aliphatic heterocycles. The first-order valence-electron chi connectivity index (χ1n) is 9.27. The zero-order valence-corrected chi connectivity index (χ0v) is 15.8. The summed E-state index contributed by atoms with van der Waals surface area (Å²) in [6, 6.07) is 20.1. The van der Waals surface area contributed by atoms with E-state index >= 15 is 0 Å². The SMILES string of the molecule is CCONC(=O)c1ccc(C[NH+](Cc2ccccc2)Cc2ccc(F)cc2)o1. The Kier molecular flexibility index (Phi) is 6.94. The van der Waals surface area contributed by atoms with E-state index in [4.69, 9.17) is 9.25 Å². The molecule has 1 atom stereocenters. The van der Waals surface area contributed by atoms with E-state index in [2.05, 4.69) is 17.6 Å². The second-order valence-electron chi connectivity index (χ2n) is 6.52. The summed E-state index contributed by atoms with van der Waals surface area (Å²) in [4.78, 5) is 18.1. The molecular weight excluding hydrogens is 359 g/mol. The number of hydrogen-bond donors (Lipinski definition) is 2. The number of amides is 1. The van der Waals surface area contributed by atoms with E-state index in [1.807, 2.05) is 18.2 Å². The second-order valence-corrected chi connectivity index (χ2v) is 6.52. The van der Waals surface area contributed by atoms with Crippen molar-refractivity contribution in [1.82, 2.24) is 5.48 Å². The smallest absolute Gasteiger partial charge is 0.310 e. The minimum absolute atomic E-state index is 0.212. The Bertz CT molecular complexity index is 878. The topological polar surface area (TPSA) is 55.9 Å². The van der Waals surface area contributed by atoms with Crippen molar-refractivity contribution in [2.24, 2.45) is 0 Å². The van der Waals surface area contributed by atoms with E-state index in [1.54, 1.807) is 31.2 Å². The maximum atomic E-state index is 13.2. The summed E-state index contributed by atoms with van der Waals surface area (Å²) in [6.07, 6.45) is 0. The average Bonchev–Trinajstić information content (AvgIpc) is 3.17. The molecule has 1 heterocycles. The van der Waals surface area contributed by atoms with Crippen molar-refractivity contribution in [3.05, 3.63) is 95.2 Å². The molecule has 0 radical (unpaired) electrons. The van der Waals surface area contributed by atoms with Gasteiger partial charge in [0, 0.05) is 11.1 Å².